The van der Waals surface area contributed by atoms with E-state index in [1.165, 1.54) is 24.3 Å². The summed E-state index contributed by atoms with van der Waals surface area (Å²) in [6.45, 7) is -1.33. The number of hydrogen-bond acceptors (Lipinski definition) is 3. The van der Waals surface area contributed by atoms with Gasteiger partial charge in [0.15, 0.2) is 5.84 Å². The minimum absolute atomic E-state index is 0.0845. The van der Waals surface area contributed by atoms with Gasteiger partial charge in [0, 0.05) is 18.2 Å². The van der Waals surface area contributed by atoms with E-state index in [1.54, 1.807) is 0 Å². The first-order valence-electron chi connectivity index (χ1n) is 5.15. The lowest BCUT2D eigenvalue weighted by molar-refractivity contribution is -0.138. The van der Waals surface area contributed by atoms with Gasteiger partial charge in [-0.15, -0.1) is 0 Å². The van der Waals surface area contributed by atoms with Crippen molar-refractivity contribution in [3.05, 3.63) is 35.4 Å². The highest BCUT2D eigenvalue weighted by Gasteiger charge is 2.31. The summed E-state index contributed by atoms with van der Waals surface area (Å²) in [6, 6.07) is 5.37. The lowest BCUT2D eigenvalue weighted by atomic mass is 10.1. The molecule has 19 heavy (non-hydrogen) atoms. The number of amidine groups is 1. The van der Waals surface area contributed by atoms with Crippen LogP contribution in [0.2, 0.25) is 0 Å². The highest BCUT2D eigenvalue weighted by atomic mass is 19.4. The topological polar surface area (TPSA) is 78.9 Å². The molecule has 0 aromatic heterocycles. The number of carbonyl (C=O) groups is 1. The van der Waals surface area contributed by atoms with Crippen molar-refractivity contribution < 1.29 is 23.2 Å². The summed E-state index contributed by atoms with van der Waals surface area (Å²) in [5.74, 6) is -0.911. The number of carbonyl (C=O) groups excluding carboxylic acids is 1. The molecule has 0 saturated carbocycles. The van der Waals surface area contributed by atoms with E-state index in [-0.39, 0.29) is 11.4 Å². The Balaban J connectivity index is 2.84. The van der Waals surface area contributed by atoms with Gasteiger partial charge in [0.1, 0.15) is 6.54 Å². The Morgan fingerprint density at radius 3 is 2.21 bits per heavy atom. The smallest absolute Gasteiger partial charge is 0.406 e. The van der Waals surface area contributed by atoms with Gasteiger partial charge in [-0.05, 0) is 12.1 Å². The second kappa shape index (κ2) is 5.59. The third kappa shape index (κ3) is 4.16. The molecular weight excluding hydrogens is 263 g/mol. The predicted molar refractivity (Wildman–Crippen MR) is 62.0 cm³/mol. The second-order valence-electron chi connectivity index (χ2n) is 3.84. The van der Waals surface area contributed by atoms with Crippen LogP contribution in [-0.4, -0.2) is 41.6 Å². The van der Waals surface area contributed by atoms with Crippen LogP contribution in [0.25, 0.3) is 0 Å². The maximum atomic E-state index is 12.1. The van der Waals surface area contributed by atoms with E-state index in [0.717, 1.165) is 7.05 Å². The summed E-state index contributed by atoms with van der Waals surface area (Å²) in [5.41, 5.74) is 5.76. The zero-order valence-corrected chi connectivity index (χ0v) is 9.98. The molecule has 0 radical (unpaired) electrons. The largest absolute Gasteiger partial charge is 0.409 e. The van der Waals surface area contributed by atoms with Crippen LogP contribution in [0.1, 0.15) is 15.9 Å². The van der Waals surface area contributed by atoms with E-state index in [4.69, 9.17) is 10.9 Å². The SMILES string of the molecule is CN(CC(F)(F)F)C(=O)c1ccc(/C(N)=N/O)cc1. The van der Waals surface area contributed by atoms with Crippen LogP contribution in [0, 0.1) is 0 Å². The van der Waals surface area contributed by atoms with E-state index in [1.807, 2.05) is 0 Å². The Bertz CT molecular complexity index is 483. The molecule has 1 amide bonds. The fraction of sp³-hybridized carbons (Fsp3) is 0.273. The number of alkyl halides is 3. The number of halogens is 3. The number of amides is 1. The van der Waals surface area contributed by atoms with E-state index < -0.39 is 18.6 Å². The van der Waals surface area contributed by atoms with Gasteiger partial charge in [0.25, 0.3) is 5.91 Å². The molecule has 0 saturated heterocycles. The Labute approximate surface area is 107 Å². The van der Waals surface area contributed by atoms with Crippen molar-refractivity contribution in [2.45, 2.75) is 6.18 Å². The monoisotopic (exact) mass is 275 g/mol. The molecule has 1 aromatic carbocycles. The van der Waals surface area contributed by atoms with Crippen molar-refractivity contribution in [1.82, 2.24) is 4.90 Å². The Kier molecular flexibility index (Phi) is 4.36. The average Bonchev–Trinajstić information content (AvgIpc) is 2.35. The number of hydrogen-bond donors (Lipinski definition) is 2. The van der Waals surface area contributed by atoms with Gasteiger partial charge < -0.3 is 15.8 Å². The molecule has 0 fully saturated rings. The summed E-state index contributed by atoms with van der Waals surface area (Å²) in [6.07, 6.45) is -4.45. The summed E-state index contributed by atoms with van der Waals surface area (Å²) >= 11 is 0. The molecule has 0 aliphatic rings. The Morgan fingerprint density at radius 2 is 1.79 bits per heavy atom. The van der Waals surface area contributed by atoms with E-state index in [9.17, 15) is 18.0 Å². The number of nitrogens with two attached hydrogens (primary N) is 1. The van der Waals surface area contributed by atoms with Crippen LogP contribution in [0.4, 0.5) is 13.2 Å². The quantitative estimate of drug-likeness (QED) is 0.379. The van der Waals surface area contributed by atoms with Gasteiger partial charge in [0.05, 0.1) is 0 Å². The first kappa shape index (κ1) is 14.8. The summed E-state index contributed by atoms with van der Waals surface area (Å²) in [5, 5.41) is 11.2. The number of benzene rings is 1. The van der Waals surface area contributed by atoms with Crippen LogP contribution < -0.4 is 5.73 Å². The molecule has 8 heteroatoms. The highest BCUT2D eigenvalue weighted by Crippen LogP contribution is 2.17. The van der Waals surface area contributed by atoms with Crippen molar-refractivity contribution in [2.24, 2.45) is 10.9 Å². The molecule has 0 aliphatic heterocycles. The Morgan fingerprint density at radius 1 is 1.32 bits per heavy atom. The molecule has 0 unspecified atom stereocenters. The van der Waals surface area contributed by atoms with Crippen LogP contribution in [0.15, 0.2) is 29.4 Å². The third-order valence-corrected chi connectivity index (χ3v) is 2.30. The second-order valence-corrected chi connectivity index (χ2v) is 3.84. The lowest BCUT2D eigenvalue weighted by Crippen LogP contribution is -2.35. The zero-order valence-electron chi connectivity index (χ0n) is 9.98. The molecule has 0 heterocycles. The first-order valence-corrected chi connectivity index (χ1v) is 5.15. The van der Waals surface area contributed by atoms with Crippen molar-refractivity contribution in [3.8, 4) is 0 Å². The van der Waals surface area contributed by atoms with Gasteiger partial charge >= 0.3 is 6.18 Å². The first-order chi connectivity index (χ1) is 8.74. The maximum Gasteiger partial charge on any atom is 0.406 e. The van der Waals surface area contributed by atoms with Gasteiger partial charge in [-0.25, -0.2) is 0 Å². The van der Waals surface area contributed by atoms with Gasteiger partial charge in [-0.1, -0.05) is 17.3 Å². The molecule has 0 atom stereocenters. The zero-order chi connectivity index (χ0) is 14.6. The number of oxime groups is 1. The summed E-state index contributed by atoms with van der Waals surface area (Å²) < 4.78 is 36.4. The molecule has 5 nitrogen and oxygen atoms in total. The van der Waals surface area contributed by atoms with Gasteiger partial charge in [-0.3, -0.25) is 4.79 Å². The van der Waals surface area contributed by atoms with Crippen molar-refractivity contribution in [1.29, 1.82) is 0 Å². The van der Waals surface area contributed by atoms with Gasteiger partial charge in [-0.2, -0.15) is 13.2 Å². The minimum atomic E-state index is -4.45. The number of nitrogens with zero attached hydrogens (tertiary/aromatic N) is 2. The van der Waals surface area contributed by atoms with E-state index in [0.29, 0.717) is 10.5 Å². The van der Waals surface area contributed by atoms with Crippen LogP contribution >= 0.6 is 0 Å². The molecule has 1 aromatic rings. The minimum Gasteiger partial charge on any atom is -0.409 e. The lowest BCUT2D eigenvalue weighted by Gasteiger charge is -2.19. The van der Waals surface area contributed by atoms with Crippen LogP contribution in [-0.2, 0) is 0 Å². The molecule has 0 spiro atoms. The molecule has 104 valence electrons. The molecule has 1 rings (SSSR count). The summed E-state index contributed by atoms with van der Waals surface area (Å²) in [4.78, 5) is 12.3. The maximum absolute atomic E-state index is 12.1. The molecular formula is C11H12F3N3O2. The predicted octanol–water partition coefficient (Wildman–Crippen LogP) is 1.42. The van der Waals surface area contributed by atoms with E-state index >= 15 is 0 Å². The fourth-order valence-corrected chi connectivity index (χ4v) is 1.40. The van der Waals surface area contributed by atoms with Crippen molar-refractivity contribution in [3.63, 3.8) is 0 Å². The fourth-order valence-electron chi connectivity index (χ4n) is 1.40. The Hall–Kier alpha value is -2.25. The summed E-state index contributed by atoms with van der Waals surface area (Å²) in [7, 11) is 1.06. The molecule has 0 bridgehead atoms. The number of rotatable bonds is 3. The third-order valence-electron chi connectivity index (χ3n) is 2.30. The average molecular weight is 275 g/mol. The standard InChI is InChI=1S/C11H12F3N3O2/c1-17(6-11(12,13)14)10(18)8-4-2-7(3-5-8)9(15)16-19/h2-5,19H,6H2,1H3,(H2,15,16). The van der Waals surface area contributed by atoms with Crippen molar-refractivity contribution in [2.75, 3.05) is 13.6 Å². The molecule has 3 N–H and O–H groups in total. The van der Waals surface area contributed by atoms with E-state index in [2.05, 4.69) is 5.16 Å². The van der Waals surface area contributed by atoms with Crippen molar-refractivity contribution >= 4 is 11.7 Å². The highest BCUT2D eigenvalue weighted by molar-refractivity contribution is 5.99. The normalized spacial score (nSPS) is 12.3. The van der Waals surface area contributed by atoms with Gasteiger partial charge in [0.2, 0.25) is 0 Å². The molecule has 0 aliphatic carbocycles. The van der Waals surface area contributed by atoms with Crippen LogP contribution in [0.3, 0.4) is 0 Å². The van der Waals surface area contributed by atoms with Crippen LogP contribution in [0.5, 0.6) is 0 Å².